The number of hydrogen-bond acceptors (Lipinski definition) is 3. The van der Waals surface area contributed by atoms with Crippen molar-refractivity contribution in [2.24, 2.45) is 0 Å². The van der Waals surface area contributed by atoms with E-state index in [1.54, 1.807) is 26.2 Å². The van der Waals surface area contributed by atoms with Crippen molar-refractivity contribution in [3.63, 3.8) is 0 Å². The number of methoxy groups -OCH3 is 1. The number of hydrogen-bond donors (Lipinski definition) is 1. The molecule has 0 aliphatic rings. The lowest BCUT2D eigenvalue weighted by Gasteiger charge is -2.18. The Kier molecular flexibility index (Phi) is 6.25. The van der Waals surface area contributed by atoms with Crippen LogP contribution in [-0.4, -0.2) is 43.9 Å². The number of benzene rings is 1. The maximum absolute atomic E-state index is 13.4. The molecule has 0 amide bonds. The Bertz CT molecular complexity index is 371. The van der Waals surface area contributed by atoms with E-state index in [9.17, 15) is 9.50 Å². The normalized spacial score (nSPS) is 13.0. The first-order valence-corrected chi connectivity index (χ1v) is 6.16. The minimum absolute atomic E-state index is 0.265. The second kappa shape index (κ2) is 7.46. The molecule has 0 aliphatic carbocycles. The van der Waals surface area contributed by atoms with Crippen LogP contribution in [0.1, 0.15) is 23.7 Å². The zero-order valence-corrected chi connectivity index (χ0v) is 11.3. The summed E-state index contributed by atoms with van der Waals surface area (Å²) in [5.74, 6) is -0.265. The summed E-state index contributed by atoms with van der Waals surface area (Å²) >= 11 is 0. The maximum atomic E-state index is 13.4. The smallest absolute Gasteiger partial charge is 0.126 e. The van der Waals surface area contributed by atoms with Crippen LogP contribution in [0.5, 0.6) is 0 Å². The number of aryl methyl sites for hydroxylation is 1. The molecule has 0 bridgehead atoms. The number of ether oxygens (including phenoxy) is 1. The van der Waals surface area contributed by atoms with Crippen molar-refractivity contribution in [3.05, 3.63) is 35.1 Å². The highest BCUT2D eigenvalue weighted by Gasteiger charge is 2.10. The van der Waals surface area contributed by atoms with Crippen LogP contribution in [-0.2, 0) is 4.74 Å². The summed E-state index contributed by atoms with van der Waals surface area (Å²) in [6.45, 7) is 3.96. The highest BCUT2D eigenvalue weighted by atomic mass is 19.1. The van der Waals surface area contributed by atoms with Crippen LogP contribution in [0.15, 0.2) is 18.2 Å². The first kappa shape index (κ1) is 15.1. The molecular weight excluding hydrogens is 233 g/mol. The quantitative estimate of drug-likeness (QED) is 0.810. The van der Waals surface area contributed by atoms with Gasteiger partial charge in [0.25, 0.3) is 0 Å². The lowest BCUT2D eigenvalue weighted by atomic mass is 10.0. The zero-order valence-electron chi connectivity index (χ0n) is 11.3. The largest absolute Gasteiger partial charge is 0.388 e. The third-order valence-electron chi connectivity index (χ3n) is 3.04. The van der Waals surface area contributed by atoms with Gasteiger partial charge in [-0.05, 0) is 37.6 Å². The van der Waals surface area contributed by atoms with E-state index in [1.165, 1.54) is 6.07 Å². The van der Waals surface area contributed by atoms with E-state index in [1.807, 2.05) is 7.05 Å². The second-order valence-corrected chi connectivity index (χ2v) is 4.61. The topological polar surface area (TPSA) is 32.7 Å². The molecule has 1 aromatic carbocycles. The fourth-order valence-corrected chi connectivity index (χ4v) is 1.68. The standard InChI is InChI=1S/C14H22FNO2/c1-11-4-5-12(10-13(11)15)14(17)6-7-16(2)8-9-18-3/h4-5,10,14,17H,6-9H2,1-3H3. The van der Waals surface area contributed by atoms with Gasteiger partial charge in [0, 0.05) is 20.2 Å². The Morgan fingerprint density at radius 2 is 2.11 bits per heavy atom. The molecule has 0 radical (unpaired) electrons. The van der Waals surface area contributed by atoms with E-state index in [-0.39, 0.29) is 5.82 Å². The predicted octanol–water partition coefficient (Wildman–Crippen LogP) is 2.14. The number of nitrogens with zero attached hydrogens (tertiary/aromatic N) is 1. The van der Waals surface area contributed by atoms with Gasteiger partial charge < -0.3 is 14.7 Å². The molecule has 0 saturated heterocycles. The molecule has 3 nitrogen and oxygen atoms in total. The SMILES string of the molecule is COCCN(C)CCC(O)c1ccc(C)c(F)c1. The van der Waals surface area contributed by atoms with Gasteiger partial charge >= 0.3 is 0 Å². The molecule has 0 spiro atoms. The number of rotatable bonds is 7. The van der Waals surface area contributed by atoms with Gasteiger partial charge in [-0.25, -0.2) is 4.39 Å². The van der Waals surface area contributed by atoms with Crippen LogP contribution < -0.4 is 0 Å². The summed E-state index contributed by atoms with van der Waals surface area (Å²) < 4.78 is 18.3. The maximum Gasteiger partial charge on any atom is 0.126 e. The van der Waals surface area contributed by atoms with E-state index in [2.05, 4.69) is 4.90 Å². The number of halogens is 1. The van der Waals surface area contributed by atoms with Crippen molar-refractivity contribution < 1.29 is 14.2 Å². The van der Waals surface area contributed by atoms with Gasteiger partial charge in [0.2, 0.25) is 0 Å². The first-order chi connectivity index (χ1) is 8.54. The molecule has 0 heterocycles. The summed E-state index contributed by atoms with van der Waals surface area (Å²) in [6, 6.07) is 4.88. The molecule has 1 rings (SSSR count). The minimum atomic E-state index is -0.620. The van der Waals surface area contributed by atoms with Gasteiger partial charge in [-0.1, -0.05) is 12.1 Å². The summed E-state index contributed by atoms with van der Waals surface area (Å²) in [5.41, 5.74) is 1.24. The monoisotopic (exact) mass is 255 g/mol. The van der Waals surface area contributed by atoms with E-state index in [0.29, 0.717) is 24.2 Å². The molecular formula is C14H22FNO2. The van der Waals surface area contributed by atoms with Gasteiger partial charge in [0.05, 0.1) is 12.7 Å². The molecule has 0 fully saturated rings. The van der Waals surface area contributed by atoms with E-state index < -0.39 is 6.10 Å². The molecule has 1 atom stereocenters. The van der Waals surface area contributed by atoms with E-state index in [0.717, 1.165) is 13.1 Å². The molecule has 102 valence electrons. The van der Waals surface area contributed by atoms with Crippen LogP contribution in [0.25, 0.3) is 0 Å². The first-order valence-electron chi connectivity index (χ1n) is 6.16. The molecule has 0 saturated carbocycles. The van der Waals surface area contributed by atoms with E-state index >= 15 is 0 Å². The number of aliphatic hydroxyl groups is 1. The minimum Gasteiger partial charge on any atom is -0.388 e. The van der Waals surface area contributed by atoms with Gasteiger partial charge in [-0.3, -0.25) is 0 Å². The van der Waals surface area contributed by atoms with Crippen molar-refractivity contribution in [3.8, 4) is 0 Å². The fourth-order valence-electron chi connectivity index (χ4n) is 1.68. The molecule has 1 aromatic rings. The fraction of sp³-hybridized carbons (Fsp3) is 0.571. The molecule has 4 heteroatoms. The third-order valence-corrected chi connectivity index (χ3v) is 3.04. The molecule has 0 aromatic heterocycles. The van der Waals surface area contributed by atoms with Crippen LogP contribution in [0.3, 0.4) is 0 Å². The summed E-state index contributed by atoms with van der Waals surface area (Å²) in [5, 5.41) is 9.99. The lowest BCUT2D eigenvalue weighted by Crippen LogP contribution is -2.25. The predicted molar refractivity (Wildman–Crippen MR) is 70.1 cm³/mol. The van der Waals surface area contributed by atoms with Crippen LogP contribution >= 0.6 is 0 Å². The average molecular weight is 255 g/mol. The Balaban J connectivity index is 2.44. The Morgan fingerprint density at radius 1 is 1.39 bits per heavy atom. The van der Waals surface area contributed by atoms with Crippen LogP contribution in [0.2, 0.25) is 0 Å². The molecule has 1 unspecified atom stereocenters. The number of aliphatic hydroxyl groups excluding tert-OH is 1. The lowest BCUT2D eigenvalue weighted by molar-refractivity contribution is 0.129. The number of likely N-dealkylation sites (N-methyl/N-ethyl adjacent to an activating group) is 1. The highest BCUT2D eigenvalue weighted by Crippen LogP contribution is 2.19. The van der Waals surface area contributed by atoms with Crippen LogP contribution in [0, 0.1) is 12.7 Å². The van der Waals surface area contributed by atoms with Crippen molar-refractivity contribution in [2.45, 2.75) is 19.4 Å². The van der Waals surface area contributed by atoms with Crippen molar-refractivity contribution in [1.29, 1.82) is 0 Å². The summed E-state index contributed by atoms with van der Waals surface area (Å²) in [7, 11) is 3.64. The van der Waals surface area contributed by atoms with Crippen molar-refractivity contribution >= 4 is 0 Å². The van der Waals surface area contributed by atoms with E-state index in [4.69, 9.17) is 4.74 Å². The summed E-state index contributed by atoms with van der Waals surface area (Å²) in [4.78, 5) is 2.08. The highest BCUT2D eigenvalue weighted by molar-refractivity contribution is 5.24. The molecule has 0 aliphatic heterocycles. The zero-order chi connectivity index (χ0) is 13.5. The van der Waals surface area contributed by atoms with Crippen LogP contribution in [0.4, 0.5) is 4.39 Å². The molecule has 1 N–H and O–H groups in total. The van der Waals surface area contributed by atoms with Gasteiger partial charge in [0.1, 0.15) is 5.82 Å². The Hall–Kier alpha value is -0.970. The second-order valence-electron chi connectivity index (χ2n) is 4.61. The average Bonchev–Trinajstić information content (AvgIpc) is 2.36. The van der Waals surface area contributed by atoms with Gasteiger partial charge in [-0.15, -0.1) is 0 Å². The van der Waals surface area contributed by atoms with Crippen molar-refractivity contribution in [2.75, 3.05) is 33.9 Å². The van der Waals surface area contributed by atoms with Crippen molar-refractivity contribution in [1.82, 2.24) is 4.90 Å². The summed E-state index contributed by atoms with van der Waals surface area (Å²) in [6.07, 6.45) is -0.0343. The Morgan fingerprint density at radius 3 is 2.72 bits per heavy atom. The molecule has 18 heavy (non-hydrogen) atoms. The van der Waals surface area contributed by atoms with Gasteiger partial charge in [0.15, 0.2) is 0 Å². The third kappa shape index (κ3) is 4.72. The van der Waals surface area contributed by atoms with Gasteiger partial charge in [-0.2, -0.15) is 0 Å². The Labute approximate surface area is 108 Å².